The molecular weight excluding hydrogens is 220 g/mol. The molecular formula is C9H19ClN2O3. The van der Waals surface area contributed by atoms with Gasteiger partial charge in [0.2, 0.25) is 5.91 Å². The van der Waals surface area contributed by atoms with Crippen molar-refractivity contribution in [2.75, 3.05) is 13.7 Å². The molecule has 90 valence electrons. The Hall–Kier alpha value is -0.810. The van der Waals surface area contributed by atoms with Crippen molar-refractivity contribution in [1.29, 1.82) is 0 Å². The van der Waals surface area contributed by atoms with Crippen LogP contribution in [0.2, 0.25) is 0 Å². The molecule has 0 rings (SSSR count). The quantitative estimate of drug-likeness (QED) is 0.649. The Kier molecular flexibility index (Phi) is 10.8. The van der Waals surface area contributed by atoms with Gasteiger partial charge in [-0.2, -0.15) is 0 Å². The van der Waals surface area contributed by atoms with Crippen molar-refractivity contribution in [1.82, 2.24) is 5.32 Å². The predicted octanol–water partition coefficient (Wildman–Crippen LogP) is 0.215. The lowest BCUT2D eigenvalue weighted by Crippen LogP contribution is -2.44. The van der Waals surface area contributed by atoms with E-state index in [9.17, 15) is 9.59 Å². The fourth-order valence-corrected chi connectivity index (χ4v) is 1.05. The number of nitrogens with two attached hydrogens (primary N) is 1. The zero-order valence-electron chi connectivity index (χ0n) is 9.12. The van der Waals surface area contributed by atoms with Crippen LogP contribution in [0.3, 0.4) is 0 Å². The maximum atomic E-state index is 11.2. The fourth-order valence-electron chi connectivity index (χ4n) is 1.05. The number of carbonyl (C=O) groups is 2. The SMILES string of the molecule is CCCCC(NC(=O)CN)C(=O)OC.Cl. The van der Waals surface area contributed by atoms with E-state index in [1.807, 2.05) is 6.92 Å². The van der Waals surface area contributed by atoms with Crippen LogP contribution in [0.1, 0.15) is 26.2 Å². The molecule has 15 heavy (non-hydrogen) atoms. The molecule has 0 aliphatic heterocycles. The maximum Gasteiger partial charge on any atom is 0.328 e. The van der Waals surface area contributed by atoms with Gasteiger partial charge >= 0.3 is 5.97 Å². The van der Waals surface area contributed by atoms with Crippen molar-refractivity contribution in [2.24, 2.45) is 5.73 Å². The molecule has 1 unspecified atom stereocenters. The van der Waals surface area contributed by atoms with Gasteiger partial charge in [0.1, 0.15) is 6.04 Å². The van der Waals surface area contributed by atoms with Crippen molar-refractivity contribution in [2.45, 2.75) is 32.2 Å². The first-order valence-corrected chi connectivity index (χ1v) is 4.73. The lowest BCUT2D eigenvalue weighted by atomic mass is 10.1. The van der Waals surface area contributed by atoms with E-state index in [0.29, 0.717) is 6.42 Å². The second-order valence-corrected chi connectivity index (χ2v) is 2.99. The van der Waals surface area contributed by atoms with Crippen molar-refractivity contribution in [3.05, 3.63) is 0 Å². The standard InChI is InChI=1S/C9H18N2O3.ClH/c1-3-4-5-7(9(13)14-2)11-8(12)6-10;/h7H,3-6,10H2,1-2H3,(H,11,12);1H. The minimum atomic E-state index is -0.559. The van der Waals surface area contributed by atoms with Gasteiger partial charge < -0.3 is 15.8 Å². The summed E-state index contributed by atoms with van der Waals surface area (Å²) in [5, 5.41) is 2.51. The highest BCUT2D eigenvalue weighted by Gasteiger charge is 2.19. The number of carbonyl (C=O) groups excluding carboxylic acids is 2. The molecule has 0 fully saturated rings. The molecule has 0 saturated heterocycles. The smallest absolute Gasteiger partial charge is 0.328 e. The Morgan fingerprint density at radius 1 is 1.47 bits per heavy atom. The second kappa shape index (κ2) is 9.73. The Morgan fingerprint density at radius 2 is 2.07 bits per heavy atom. The maximum absolute atomic E-state index is 11.2. The Balaban J connectivity index is 0. The van der Waals surface area contributed by atoms with E-state index in [-0.39, 0.29) is 24.9 Å². The lowest BCUT2D eigenvalue weighted by Gasteiger charge is -2.15. The number of methoxy groups -OCH3 is 1. The van der Waals surface area contributed by atoms with Gasteiger partial charge in [-0.05, 0) is 6.42 Å². The minimum absolute atomic E-state index is 0. The number of ether oxygens (including phenoxy) is 1. The van der Waals surface area contributed by atoms with Crippen molar-refractivity contribution >= 4 is 24.3 Å². The summed E-state index contributed by atoms with van der Waals surface area (Å²) in [4.78, 5) is 22.2. The second-order valence-electron chi connectivity index (χ2n) is 2.99. The van der Waals surface area contributed by atoms with Crippen LogP contribution in [0.5, 0.6) is 0 Å². The summed E-state index contributed by atoms with van der Waals surface area (Å²) in [7, 11) is 1.30. The summed E-state index contributed by atoms with van der Waals surface area (Å²) < 4.78 is 4.56. The first-order valence-electron chi connectivity index (χ1n) is 4.73. The molecule has 6 heteroatoms. The van der Waals surface area contributed by atoms with Crippen LogP contribution in [0, 0.1) is 0 Å². The third-order valence-corrected chi connectivity index (χ3v) is 1.85. The highest BCUT2D eigenvalue weighted by atomic mass is 35.5. The van der Waals surface area contributed by atoms with E-state index < -0.39 is 12.0 Å². The zero-order chi connectivity index (χ0) is 11.0. The normalized spacial score (nSPS) is 11.1. The topological polar surface area (TPSA) is 81.4 Å². The van der Waals surface area contributed by atoms with Gasteiger partial charge in [0.25, 0.3) is 0 Å². The van der Waals surface area contributed by atoms with E-state index in [1.54, 1.807) is 0 Å². The Morgan fingerprint density at radius 3 is 2.47 bits per heavy atom. The molecule has 0 aromatic rings. The molecule has 1 amide bonds. The summed E-state index contributed by atoms with van der Waals surface area (Å²) in [6.45, 7) is 1.90. The van der Waals surface area contributed by atoms with E-state index in [2.05, 4.69) is 10.1 Å². The largest absolute Gasteiger partial charge is 0.467 e. The zero-order valence-corrected chi connectivity index (χ0v) is 9.93. The number of hydrogen-bond acceptors (Lipinski definition) is 4. The number of halogens is 1. The van der Waals surface area contributed by atoms with Gasteiger partial charge in [-0.15, -0.1) is 12.4 Å². The van der Waals surface area contributed by atoms with E-state index in [0.717, 1.165) is 12.8 Å². The van der Waals surface area contributed by atoms with E-state index in [4.69, 9.17) is 5.73 Å². The number of esters is 1. The molecule has 1 atom stereocenters. The average molecular weight is 239 g/mol. The molecule has 0 radical (unpaired) electrons. The molecule has 0 heterocycles. The highest BCUT2D eigenvalue weighted by molar-refractivity contribution is 5.85. The number of hydrogen-bond donors (Lipinski definition) is 2. The number of rotatable bonds is 6. The monoisotopic (exact) mass is 238 g/mol. The molecule has 0 saturated carbocycles. The van der Waals surface area contributed by atoms with Crippen LogP contribution >= 0.6 is 12.4 Å². The summed E-state index contributed by atoms with van der Waals surface area (Å²) in [5.41, 5.74) is 5.13. The van der Waals surface area contributed by atoms with Gasteiger partial charge in [0.15, 0.2) is 0 Å². The summed E-state index contributed by atoms with van der Waals surface area (Å²) in [6, 6.07) is -0.559. The number of nitrogens with one attached hydrogen (secondary N) is 1. The van der Waals surface area contributed by atoms with Crippen molar-refractivity contribution < 1.29 is 14.3 Å². The highest BCUT2D eigenvalue weighted by Crippen LogP contribution is 2.02. The van der Waals surface area contributed by atoms with Gasteiger partial charge in [0.05, 0.1) is 13.7 Å². The molecule has 0 aliphatic carbocycles. The fraction of sp³-hybridized carbons (Fsp3) is 0.778. The number of amides is 1. The van der Waals surface area contributed by atoms with E-state index >= 15 is 0 Å². The molecule has 0 aromatic carbocycles. The summed E-state index contributed by atoms with van der Waals surface area (Å²) >= 11 is 0. The average Bonchev–Trinajstić information content (AvgIpc) is 2.22. The minimum Gasteiger partial charge on any atom is -0.467 e. The van der Waals surface area contributed by atoms with Crippen LogP contribution < -0.4 is 11.1 Å². The molecule has 0 aliphatic rings. The van der Waals surface area contributed by atoms with Crippen LogP contribution in [0.15, 0.2) is 0 Å². The molecule has 5 nitrogen and oxygen atoms in total. The van der Waals surface area contributed by atoms with Crippen molar-refractivity contribution in [3.63, 3.8) is 0 Å². The first kappa shape index (κ1) is 16.6. The van der Waals surface area contributed by atoms with Crippen molar-refractivity contribution in [3.8, 4) is 0 Å². The van der Waals surface area contributed by atoms with E-state index in [1.165, 1.54) is 7.11 Å². The van der Waals surface area contributed by atoms with Crippen LogP contribution in [-0.2, 0) is 14.3 Å². The Bertz CT molecular complexity index is 200. The summed E-state index contributed by atoms with van der Waals surface area (Å²) in [6.07, 6.45) is 2.42. The molecule has 0 aromatic heterocycles. The van der Waals surface area contributed by atoms with Gasteiger partial charge in [0, 0.05) is 0 Å². The van der Waals surface area contributed by atoms with Gasteiger partial charge in [-0.3, -0.25) is 4.79 Å². The molecule has 0 spiro atoms. The Labute approximate surface area is 96.1 Å². The third kappa shape index (κ3) is 7.16. The molecule has 3 N–H and O–H groups in total. The number of unbranched alkanes of at least 4 members (excludes halogenated alkanes) is 1. The lowest BCUT2D eigenvalue weighted by molar-refractivity contribution is -0.145. The third-order valence-electron chi connectivity index (χ3n) is 1.85. The van der Waals surface area contributed by atoms with Gasteiger partial charge in [-0.25, -0.2) is 4.79 Å². The van der Waals surface area contributed by atoms with Crippen LogP contribution in [0.4, 0.5) is 0 Å². The molecule has 0 bridgehead atoms. The van der Waals surface area contributed by atoms with Gasteiger partial charge in [-0.1, -0.05) is 19.8 Å². The first-order chi connectivity index (χ1) is 6.65. The van der Waals surface area contributed by atoms with Crippen LogP contribution in [0.25, 0.3) is 0 Å². The summed E-state index contributed by atoms with van der Waals surface area (Å²) in [5.74, 6) is -0.753. The predicted molar refractivity (Wildman–Crippen MR) is 59.8 cm³/mol. The van der Waals surface area contributed by atoms with Crippen LogP contribution in [-0.4, -0.2) is 31.6 Å².